The van der Waals surface area contributed by atoms with Crippen LogP contribution in [0.3, 0.4) is 0 Å². The fourth-order valence-corrected chi connectivity index (χ4v) is 3.10. The first kappa shape index (κ1) is 16.9. The molecule has 0 unspecified atom stereocenters. The number of hydrogen-bond donors (Lipinski definition) is 0. The summed E-state index contributed by atoms with van der Waals surface area (Å²) in [5.41, 5.74) is 1.91. The first-order chi connectivity index (χ1) is 10.1. The fourth-order valence-electron chi connectivity index (χ4n) is 1.80. The van der Waals surface area contributed by atoms with Gasteiger partial charge in [-0.05, 0) is 39.7 Å². The van der Waals surface area contributed by atoms with Crippen LogP contribution in [0.4, 0.5) is 0 Å². The summed E-state index contributed by atoms with van der Waals surface area (Å²) in [6.45, 7) is 0.308. The van der Waals surface area contributed by atoms with E-state index in [4.69, 9.17) is 32.7 Å². The van der Waals surface area contributed by atoms with Crippen LogP contribution < -0.4 is 9.47 Å². The highest BCUT2D eigenvalue weighted by atomic mass is 79.9. The summed E-state index contributed by atoms with van der Waals surface area (Å²) >= 11 is 19.1. The Morgan fingerprint density at radius 1 is 1.19 bits per heavy atom. The summed E-state index contributed by atoms with van der Waals surface area (Å²) in [5, 5.41) is 1.76. The monoisotopic (exact) mass is 452 g/mol. The van der Waals surface area contributed by atoms with E-state index in [1.807, 2.05) is 24.3 Å². The molecule has 0 saturated heterocycles. The molecule has 0 bridgehead atoms. The van der Waals surface area contributed by atoms with Crippen LogP contribution >= 0.6 is 55.1 Å². The van der Waals surface area contributed by atoms with Gasteiger partial charge in [0.25, 0.3) is 0 Å². The fraction of sp³-hybridized carbons (Fsp3) is 0.200. The van der Waals surface area contributed by atoms with Crippen molar-refractivity contribution in [3.8, 4) is 11.5 Å². The summed E-state index contributed by atoms with van der Waals surface area (Å²) in [6.07, 6.45) is 0. The molecule has 0 atom stereocenters. The van der Waals surface area contributed by atoms with Gasteiger partial charge in [-0.25, -0.2) is 0 Å². The molecule has 2 aromatic carbocycles. The maximum Gasteiger partial charge on any atom is 0.175 e. The largest absolute Gasteiger partial charge is 0.493 e. The van der Waals surface area contributed by atoms with Crippen molar-refractivity contribution >= 4 is 55.1 Å². The van der Waals surface area contributed by atoms with E-state index in [1.54, 1.807) is 13.2 Å². The van der Waals surface area contributed by atoms with E-state index in [0.29, 0.717) is 28.2 Å². The first-order valence-corrected chi connectivity index (χ1v) is 8.72. The minimum atomic E-state index is 0.308. The lowest BCUT2D eigenvalue weighted by Crippen LogP contribution is -2.00. The highest BCUT2D eigenvalue weighted by Gasteiger charge is 2.13. The third kappa shape index (κ3) is 4.07. The molecule has 0 spiro atoms. The molecule has 112 valence electrons. The molecule has 2 aromatic rings. The zero-order chi connectivity index (χ0) is 15.4. The molecule has 0 heterocycles. The number of halogens is 4. The Balaban J connectivity index is 2.25. The van der Waals surface area contributed by atoms with Gasteiger partial charge in [-0.2, -0.15) is 0 Å². The predicted molar refractivity (Wildman–Crippen MR) is 94.1 cm³/mol. The average molecular weight is 455 g/mol. The van der Waals surface area contributed by atoms with Gasteiger partial charge in [-0.3, -0.25) is 0 Å². The minimum Gasteiger partial charge on any atom is -0.493 e. The summed E-state index contributed by atoms with van der Waals surface area (Å²) in [7, 11) is 1.61. The highest BCUT2D eigenvalue weighted by Crippen LogP contribution is 2.38. The van der Waals surface area contributed by atoms with Gasteiger partial charge in [0.15, 0.2) is 11.5 Å². The number of methoxy groups -OCH3 is 1. The number of rotatable bonds is 5. The van der Waals surface area contributed by atoms with Gasteiger partial charge >= 0.3 is 0 Å². The summed E-state index contributed by atoms with van der Waals surface area (Å²) in [5.74, 6) is 1.30. The SMILES string of the molecule is COc1cc(CBr)cc(Br)c1OCc1cccc(Cl)c1Cl. The molecule has 0 fully saturated rings. The normalized spacial score (nSPS) is 10.5. The molecular formula is C15H12Br2Cl2O2. The smallest absolute Gasteiger partial charge is 0.175 e. The molecule has 0 amide bonds. The predicted octanol–water partition coefficient (Wildman–Crippen LogP) is 6.24. The Morgan fingerprint density at radius 2 is 1.95 bits per heavy atom. The lowest BCUT2D eigenvalue weighted by molar-refractivity contribution is 0.282. The maximum atomic E-state index is 6.16. The van der Waals surface area contributed by atoms with Crippen LogP contribution in [-0.4, -0.2) is 7.11 Å². The third-order valence-corrected chi connectivity index (χ3v) is 4.94. The van der Waals surface area contributed by atoms with Gasteiger partial charge in [0, 0.05) is 10.9 Å². The molecule has 21 heavy (non-hydrogen) atoms. The Bertz CT molecular complexity index is 648. The van der Waals surface area contributed by atoms with Gasteiger partial charge in [0.05, 0.1) is 21.6 Å². The van der Waals surface area contributed by atoms with Gasteiger partial charge in [-0.1, -0.05) is 51.3 Å². The van der Waals surface area contributed by atoms with Crippen molar-refractivity contribution in [1.82, 2.24) is 0 Å². The van der Waals surface area contributed by atoms with Gasteiger partial charge < -0.3 is 9.47 Å². The van der Waals surface area contributed by atoms with Gasteiger partial charge in [0.1, 0.15) is 6.61 Å². The lowest BCUT2D eigenvalue weighted by atomic mass is 10.2. The van der Waals surface area contributed by atoms with E-state index in [9.17, 15) is 0 Å². The number of alkyl halides is 1. The molecule has 0 saturated carbocycles. The molecule has 0 N–H and O–H groups in total. The second-order valence-corrected chi connectivity index (χ2v) is 6.44. The molecule has 0 radical (unpaired) electrons. The van der Waals surface area contributed by atoms with Crippen molar-refractivity contribution in [2.45, 2.75) is 11.9 Å². The third-order valence-electron chi connectivity index (χ3n) is 2.85. The summed E-state index contributed by atoms with van der Waals surface area (Å²) < 4.78 is 12.1. The Labute approximate surface area is 150 Å². The van der Waals surface area contributed by atoms with Gasteiger partial charge in [-0.15, -0.1) is 0 Å². The molecule has 0 aliphatic heterocycles. The van der Waals surface area contributed by atoms with E-state index < -0.39 is 0 Å². The first-order valence-electron chi connectivity index (χ1n) is 6.05. The maximum absolute atomic E-state index is 6.16. The molecule has 6 heteroatoms. The van der Waals surface area contributed by atoms with Crippen LogP contribution in [0.5, 0.6) is 11.5 Å². The minimum absolute atomic E-state index is 0.308. The van der Waals surface area contributed by atoms with E-state index in [0.717, 1.165) is 20.9 Å². The van der Waals surface area contributed by atoms with Crippen LogP contribution in [-0.2, 0) is 11.9 Å². The van der Waals surface area contributed by atoms with Crippen molar-refractivity contribution in [3.05, 3.63) is 56.0 Å². The quantitative estimate of drug-likeness (QED) is 0.498. The average Bonchev–Trinajstić information content (AvgIpc) is 2.49. The molecule has 2 rings (SSSR count). The van der Waals surface area contributed by atoms with Crippen molar-refractivity contribution < 1.29 is 9.47 Å². The zero-order valence-corrected chi connectivity index (χ0v) is 15.8. The van der Waals surface area contributed by atoms with Crippen LogP contribution in [0.1, 0.15) is 11.1 Å². The van der Waals surface area contributed by atoms with E-state index >= 15 is 0 Å². The van der Waals surface area contributed by atoms with Crippen molar-refractivity contribution in [1.29, 1.82) is 0 Å². The van der Waals surface area contributed by atoms with Crippen molar-refractivity contribution in [3.63, 3.8) is 0 Å². The molecule has 0 aliphatic rings. The van der Waals surface area contributed by atoms with Crippen LogP contribution in [0.15, 0.2) is 34.8 Å². The van der Waals surface area contributed by atoms with E-state index in [2.05, 4.69) is 31.9 Å². The molecular weight excluding hydrogens is 443 g/mol. The number of hydrogen-bond acceptors (Lipinski definition) is 2. The zero-order valence-electron chi connectivity index (χ0n) is 11.1. The standard InChI is InChI=1S/C15H12Br2Cl2O2/c1-20-13-6-9(7-16)5-11(17)15(13)21-8-10-3-2-4-12(18)14(10)19/h2-6H,7-8H2,1H3. The Morgan fingerprint density at radius 3 is 2.62 bits per heavy atom. The van der Waals surface area contributed by atoms with Crippen molar-refractivity contribution in [2.24, 2.45) is 0 Å². The molecule has 0 aromatic heterocycles. The number of benzene rings is 2. The van der Waals surface area contributed by atoms with Crippen LogP contribution in [0.25, 0.3) is 0 Å². The Hall–Kier alpha value is -0.420. The topological polar surface area (TPSA) is 18.5 Å². The lowest BCUT2D eigenvalue weighted by Gasteiger charge is -2.14. The Kier molecular flexibility index (Phi) is 6.23. The highest BCUT2D eigenvalue weighted by molar-refractivity contribution is 9.10. The summed E-state index contributed by atoms with van der Waals surface area (Å²) in [4.78, 5) is 0. The van der Waals surface area contributed by atoms with Crippen LogP contribution in [0.2, 0.25) is 10.0 Å². The second kappa shape index (κ2) is 7.73. The van der Waals surface area contributed by atoms with Crippen LogP contribution in [0, 0.1) is 0 Å². The molecule has 0 aliphatic carbocycles. The van der Waals surface area contributed by atoms with E-state index in [1.165, 1.54) is 0 Å². The number of ether oxygens (including phenoxy) is 2. The van der Waals surface area contributed by atoms with Gasteiger partial charge in [0.2, 0.25) is 0 Å². The summed E-state index contributed by atoms with van der Waals surface area (Å²) in [6, 6.07) is 9.36. The second-order valence-electron chi connectivity index (χ2n) is 4.24. The molecule has 2 nitrogen and oxygen atoms in total. The van der Waals surface area contributed by atoms with E-state index in [-0.39, 0.29) is 0 Å². The van der Waals surface area contributed by atoms with Crippen molar-refractivity contribution in [2.75, 3.05) is 7.11 Å².